The zero-order valence-corrected chi connectivity index (χ0v) is 9.39. The lowest BCUT2D eigenvalue weighted by molar-refractivity contribution is 0.144. The third-order valence-electron chi connectivity index (χ3n) is 2.66. The third-order valence-corrected chi connectivity index (χ3v) is 2.66. The molecule has 2 atom stereocenters. The monoisotopic (exact) mass is 204 g/mol. The minimum absolute atomic E-state index is 0.210. The van der Waals surface area contributed by atoms with Gasteiger partial charge in [-0.05, 0) is 30.7 Å². The molecule has 0 aliphatic heterocycles. The summed E-state index contributed by atoms with van der Waals surface area (Å²) in [6.07, 6.45) is 4.29. The number of aliphatic hydroxyl groups excluding tert-OH is 1. The van der Waals surface area contributed by atoms with Crippen molar-refractivity contribution in [3.05, 3.63) is 48.6 Å². The molecule has 0 saturated carbocycles. The highest BCUT2D eigenvalue weighted by molar-refractivity contribution is 5.14. The number of benzene rings is 1. The first kappa shape index (κ1) is 12.0. The van der Waals surface area contributed by atoms with Crippen LogP contribution < -0.4 is 0 Å². The first-order valence-electron chi connectivity index (χ1n) is 5.57. The second-order valence-electron chi connectivity index (χ2n) is 4.13. The van der Waals surface area contributed by atoms with Crippen LogP contribution in [0.15, 0.2) is 43.0 Å². The van der Waals surface area contributed by atoms with Crippen LogP contribution in [0.4, 0.5) is 0 Å². The van der Waals surface area contributed by atoms with Gasteiger partial charge in [-0.25, -0.2) is 0 Å². The Hall–Kier alpha value is -1.08. The molecule has 15 heavy (non-hydrogen) atoms. The lowest BCUT2D eigenvalue weighted by Crippen LogP contribution is -2.11. The Morgan fingerprint density at radius 2 is 2.00 bits per heavy atom. The summed E-state index contributed by atoms with van der Waals surface area (Å²) in [6.45, 7) is 5.80. The molecular weight excluding hydrogens is 184 g/mol. The van der Waals surface area contributed by atoms with Gasteiger partial charge in [0.05, 0.1) is 6.10 Å². The van der Waals surface area contributed by atoms with Crippen molar-refractivity contribution in [2.24, 2.45) is 5.92 Å². The van der Waals surface area contributed by atoms with Gasteiger partial charge in [0.15, 0.2) is 0 Å². The Morgan fingerprint density at radius 1 is 1.33 bits per heavy atom. The molecule has 0 spiro atoms. The lowest BCUT2D eigenvalue weighted by atomic mass is 9.99. The van der Waals surface area contributed by atoms with Gasteiger partial charge < -0.3 is 5.11 Å². The molecule has 0 aliphatic rings. The molecule has 1 rings (SSSR count). The van der Waals surface area contributed by atoms with Crippen LogP contribution in [-0.4, -0.2) is 11.2 Å². The largest absolute Gasteiger partial charge is 0.393 e. The summed E-state index contributed by atoms with van der Waals surface area (Å²) in [5.41, 5.74) is 1.29. The van der Waals surface area contributed by atoms with Crippen LogP contribution in [0.2, 0.25) is 0 Å². The highest BCUT2D eigenvalue weighted by Crippen LogP contribution is 2.12. The summed E-state index contributed by atoms with van der Waals surface area (Å²) in [5.74, 6) is 0.399. The third kappa shape index (κ3) is 4.80. The predicted molar refractivity (Wildman–Crippen MR) is 64.7 cm³/mol. The molecular formula is C14H20O. The summed E-state index contributed by atoms with van der Waals surface area (Å²) >= 11 is 0. The van der Waals surface area contributed by atoms with Crippen LogP contribution in [0.3, 0.4) is 0 Å². The predicted octanol–water partition coefficient (Wildman–Crippen LogP) is 3.19. The topological polar surface area (TPSA) is 20.2 Å². The minimum Gasteiger partial charge on any atom is -0.393 e. The van der Waals surface area contributed by atoms with Gasteiger partial charge in [0, 0.05) is 0 Å². The van der Waals surface area contributed by atoms with Crippen molar-refractivity contribution in [2.75, 3.05) is 0 Å². The van der Waals surface area contributed by atoms with Gasteiger partial charge >= 0.3 is 0 Å². The smallest absolute Gasteiger partial charge is 0.0549 e. The Kier molecular flexibility index (Phi) is 5.13. The van der Waals surface area contributed by atoms with Crippen molar-refractivity contribution in [1.29, 1.82) is 0 Å². The average molecular weight is 204 g/mol. The second kappa shape index (κ2) is 6.41. The first-order chi connectivity index (χ1) is 7.22. The first-order valence-corrected chi connectivity index (χ1v) is 5.57. The maximum Gasteiger partial charge on any atom is 0.0549 e. The van der Waals surface area contributed by atoms with E-state index in [1.807, 2.05) is 24.3 Å². The van der Waals surface area contributed by atoms with E-state index in [2.05, 4.69) is 25.6 Å². The fraction of sp³-hybridized carbons (Fsp3) is 0.429. The highest BCUT2D eigenvalue weighted by atomic mass is 16.3. The van der Waals surface area contributed by atoms with Crippen LogP contribution in [0.25, 0.3) is 0 Å². The Morgan fingerprint density at radius 3 is 2.60 bits per heavy atom. The Labute approximate surface area is 92.5 Å². The molecule has 0 aromatic heterocycles. The number of aliphatic hydroxyl groups is 1. The molecule has 1 heteroatoms. The molecule has 0 aliphatic carbocycles. The van der Waals surface area contributed by atoms with E-state index in [0.717, 1.165) is 19.3 Å². The zero-order chi connectivity index (χ0) is 11.1. The van der Waals surface area contributed by atoms with Crippen molar-refractivity contribution in [2.45, 2.75) is 32.3 Å². The van der Waals surface area contributed by atoms with Crippen molar-refractivity contribution < 1.29 is 5.11 Å². The number of aryl methyl sites for hydroxylation is 1. The number of rotatable bonds is 6. The number of hydrogen-bond donors (Lipinski definition) is 1. The summed E-state index contributed by atoms with van der Waals surface area (Å²) in [6, 6.07) is 10.3. The quantitative estimate of drug-likeness (QED) is 0.705. The standard InChI is InChI=1S/C14H20O/c1-3-12(2)11-14(15)10-9-13-7-5-4-6-8-13/h3-8,12,14-15H,1,9-11H2,2H3. The lowest BCUT2D eigenvalue weighted by Gasteiger charge is -2.13. The Balaban J connectivity index is 2.28. The van der Waals surface area contributed by atoms with Crippen molar-refractivity contribution in [1.82, 2.24) is 0 Å². The molecule has 82 valence electrons. The number of hydrogen-bond acceptors (Lipinski definition) is 1. The minimum atomic E-state index is -0.210. The fourth-order valence-corrected chi connectivity index (χ4v) is 1.62. The van der Waals surface area contributed by atoms with E-state index >= 15 is 0 Å². The van der Waals surface area contributed by atoms with Gasteiger partial charge in [0.2, 0.25) is 0 Å². The molecule has 2 unspecified atom stereocenters. The van der Waals surface area contributed by atoms with Crippen molar-refractivity contribution >= 4 is 0 Å². The van der Waals surface area contributed by atoms with Gasteiger partial charge in [0.1, 0.15) is 0 Å². The molecule has 0 heterocycles. The summed E-state index contributed by atoms with van der Waals surface area (Å²) in [5, 5.41) is 9.76. The van der Waals surface area contributed by atoms with Gasteiger partial charge in [-0.2, -0.15) is 0 Å². The van der Waals surface area contributed by atoms with Crippen LogP contribution in [0.5, 0.6) is 0 Å². The normalized spacial score (nSPS) is 14.5. The molecule has 1 aromatic rings. The molecule has 0 saturated heterocycles. The maximum atomic E-state index is 9.76. The molecule has 0 fully saturated rings. The van der Waals surface area contributed by atoms with Crippen molar-refractivity contribution in [3.63, 3.8) is 0 Å². The average Bonchev–Trinajstić information content (AvgIpc) is 2.27. The SMILES string of the molecule is C=CC(C)CC(O)CCc1ccccc1. The molecule has 1 N–H and O–H groups in total. The van der Waals surface area contributed by atoms with Crippen LogP contribution >= 0.6 is 0 Å². The van der Waals surface area contributed by atoms with E-state index in [1.165, 1.54) is 5.56 Å². The molecule has 0 radical (unpaired) electrons. The van der Waals surface area contributed by atoms with Crippen LogP contribution in [0.1, 0.15) is 25.3 Å². The summed E-state index contributed by atoms with van der Waals surface area (Å²) in [4.78, 5) is 0. The van der Waals surface area contributed by atoms with E-state index < -0.39 is 0 Å². The van der Waals surface area contributed by atoms with Gasteiger partial charge in [-0.1, -0.05) is 43.3 Å². The summed E-state index contributed by atoms with van der Waals surface area (Å²) in [7, 11) is 0. The Bertz CT molecular complexity index is 279. The van der Waals surface area contributed by atoms with Gasteiger partial charge in [0.25, 0.3) is 0 Å². The van der Waals surface area contributed by atoms with E-state index in [9.17, 15) is 5.11 Å². The van der Waals surface area contributed by atoms with E-state index in [-0.39, 0.29) is 6.10 Å². The van der Waals surface area contributed by atoms with E-state index in [0.29, 0.717) is 5.92 Å². The molecule has 1 nitrogen and oxygen atoms in total. The fourth-order valence-electron chi connectivity index (χ4n) is 1.62. The zero-order valence-electron chi connectivity index (χ0n) is 9.39. The van der Waals surface area contributed by atoms with Gasteiger partial charge in [-0.15, -0.1) is 6.58 Å². The summed E-state index contributed by atoms with van der Waals surface area (Å²) < 4.78 is 0. The maximum absolute atomic E-state index is 9.76. The molecule has 1 aromatic carbocycles. The van der Waals surface area contributed by atoms with Gasteiger partial charge in [-0.3, -0.25) is 0 Å². The van der Waals surface area contributed by atoms with Crippen LogP contribution in [0, 0.1) is 5.92 Å². The second-order valence-corrected chi connectivity index (χ2v) is 4.13. The number of allylic oxidation sites excluding steroid dienone is 1. The highest BCUT2D eigenvalue weighted by Gasteiger charge is 2.07. The van der Waals surface area contributed by atoms with E-state index in [4.69, 9.17) is 0 Å². The van der Waals surface area contributed by atoms with Crippen LogP contribution in [-0.2, 0) is 6.42 Å². The molecule has 0 bridgehead atoms. The van der Waals surface area contributed by atoms with Crippen molar-refractivity contribution in [3.8, 4) is 0 Å². The van der Waals surface area contributed by atoms with E-state index in [1.54, 1.807) is 0 Å². The molecule has 0 amide bonds.